The van der Waals surface area contributed by atoms with Crippen molar-refractivity contribution in [3.63, 3.8) is 0 Å². The maximum atomic E-state index is 11.1. The minimum atomic E-state index is -0.196. The molecule has 3 aromatic carbocycles. The number of nitrogens with one attached hydrogen (secondary N) is 3. The highest BCUT2D eigenvalue weighted by molar-refractivity contribution is 6.02. The lowest BCUT2D eigenvalue weighted by atomic mass is 10.1. The summed E-state index contributed by atoms with van der Waals surface area (Å²) in [6.45, 7) is 5.21. The number of oxime groups is 1. The summed E-state index contributed by atoms with van der Waals surface area (Å²) in [5.74, 6) is 1.40. The SMILES string of the molecule is C/C(=N\O)c1ccc2c(c1)NC(=O)CO2.CC(=O)c1ccc2c(c1)NC(=O)CO2.CC(N)c1ccc2c(c1)NC(=O)CO2.Cl. The Kier molecular flexibility index (Phi) is 11.3. The van der Waals surface area contributed by atoms with E-state index in [1.54, 1.807) is 43.3 Å². The molecule has 1 atom stereocenters. The van der Waals surface area contributed by atoms with Crippen LogP contribution in [-0.4, -0.2) is 54.2 Å². The van der Waals surface area contributed by atoms with Gasteiger partial charge in [0.25, 0.3) is 17.7 Å². The first-order chi connectivity index (χ1) is 20.5. The number of halogens is 1. The average Bonchev–Trinajstić information content (AvgIpc) is 3.00. The zero-order valence-electron chi connectivity index (χ0n) is 24.1. The smallest absolute Gasteiger partial charge is 0.262 e. The third-order valence-corrected chi connectivity index (χ3v) is 6.36. The van der Waals surface area contributed by atoms with Crippen LogP contribution >= 0.6 is 12.4 Å². The number of Topliss-reactive ketones (excluding diaryl/α,β-unsaturated/α-hetero) is 1. The second kappa shape index (κ2) is 14.8. The van der Waals surface area contributed by atoms with E-state index in [9.17, 15) is 19.2 Å². The van der Waals surface area contributed by atoms with Crippen LogP contribution in [0.1, 0.15) is 48.3 Å². The van der Waals surface area contributed by atoms with Gasteiger partial charge in [0, 0.05) is 17.2 Å². The van der Waals surface area contributed by atoms with E-state index < -0.39 is 0 Å². The molecule has 0 aliphatic carbocycles. The first kappa shape index (κ1) is 33.4. The van der Waals surface area contributed by atoms with E-state index in [4.69, 9.17) is 25.2 Å². The Balaban J connectivity index is 0.000000178. The van der Waals surface area contributed by atoms with Crippen molar-refractivity contribution in [2.75, 3.05) is 35.8 Å². The standard InChI is InChI=1S/C10H10N2O3.C10H12N2O2.C10H9NO3.ClH/c1-6(12-14)7-2-3-9-8(4-7)11-10(13)5-15-9;1-6(11)7-2-3-9-8(4-7)12-10(13)5-14-9;1-6(12)7-2-3-9-8(4-7)11-10(13)5-14-9;/h2-4,14H,5H2,1H3,(H,11,13);2-4,6H,5,11H2,1H3,(H,12,13);2-4H,5H2,1H3,(H,11,13);1H/b12-6+;;;. The summed E-state index contributed by atoms with van der Waals surface area (Å²) in [6, 6.07) is 15.7. The number of benzene rings is 3. The van der Waals surface area contributed by atoms with Gasteiger partial charge >= 0.3 is 0 Å². The number of hydrogen-bond acceptors (Lipinski definition) is 10. The summed E-state index contributed by atoms with van der Waals surface area (Å²) in [5.41, 5.74) is 10.4. The second-order valence-corrected chi connectivity index (χ2v) is 9.72. The first-order valence-electron chi connectivity index (χ1n) is 13.2. The lowest BCUT2D eigenvalue weighted by Crippen LogP contribution is -2.25. The third kappa shape index (κ3) is 8.46. The zero-order chi connectivity index (χ0) is 31.1. The van der Waals surface area contributed by atoms with Crippen LogP contribution in [0.4, 0.5) is 17.1 Å². The topological polar surface area (TPSA) is 191 Å². The number of ketones is 1. The van der Waals surface area contributed by atoms with E-state index in [0.29, 0.717) is 45.6 Å². The maximum absolute atomic E-state index is 11.1. The van der Waals surface area contributed by atoms with E-state index in [-0.39, 0.29) is 61.8 Å². The Morgan fingerprint density at radius 3 is 1.59 bits per heavy atom. The molecule has 0 saturated carbocycles. The van der Waals surface area contributed by atoms with Crippen molar-refractivity contribution in [2.24, 2.45) is 10.9 Å². The van der Waals surface area contributed by atoms with E-state index in [2.05, 4.69) is 21.1 Å². The summed E-state index contributed by atoms with van der Waals surface area (Å²) < 4.78 is 15.6. The van der Waals surface area contributed by atoms with Crippen LogP contribution in [0.5, 0.6) is 17.2 Å². The molecule has 3 aromatic rings. The third-order valence-electron chi connectivity index (χ3n) is 6.36. The van der Waals surface area contributed by atoms with Gasteiger partial charge in [0.05, 0.1) is 22.8 Å². The minimum absolute atomic E-state index is 0. The average molecular weight is 626 g/mol. The van der Waals surface area contributed by atoms with Gasteiger partial charge in [-0.1, -0.05) is 11.2 Å². The fraction of sp³-hybridized carbons (Fsp3) is 0.233. The Morgan fingerprint density at radius 1 is 0.750 bits per heavy atom. The molecule has 3 heterocycles. The number of ether oxygens (including phenoxy) is 3. The molecule has 3 aliphatic rings. The van der Waals surface area contributed by atoms with Crippen molar-refractivity contribution < 1.29 is 38.6 Å². The van der Waals surface area contributed by atoms with Crippen LogP contribution < -0.4 is 35.9 Å². The normalized spacial score (nSPS) is 14.9. The molecule has 0 aromatic heterocycles. The lowest BCUT2D eigenvalue weighted by molar-refractivity contribution is -0.119. The van der Waals surface area contributed by atoms with Crippen LogP contribution in [0, 0.1) is 0 Å². The fourth-order valence-corrected chi connectivity index (χ4v) is 4.05. The Bertz CT molecular complexity index is 1610. The highest BCUT2D eigenvalue weighted by Crippen LogP contribution is 2.31. The minimum Gasteiger partial charge on any atom is -0.482 e. The van der Waals surface area contributed by atoms with E-state index in [1.807, 2.05) is 25.1 Å². The molecule has 1 unspecified atom stereocenters. The van der Waals surface area contributed by atoms with Crippen molar-refractivity contribution in [1.29, 1.82) is 0 Å². The van der Waals surface area contributed by atoms with Crippen LogP contribution in [0.2, 0.25) is 0 Å². The van der Waals surface area contributed by atoms with Crippen LogP contribution in [0.3, 0.4) is 0 Å². The predicted octanol–water partition coefficient (Wildman–Crippen LogP) is 3.89. The van der Waals surface area contributed by atoms with Crippen LogP contribution in [0.25, 0.3) is 0 Å². The van der Waals surface area contributed by atoms with Crippen molar-refractivity contribution in [1.82, 2.24) is 0 Å². The second-order valence-electron chi connectivity index (χ2n) is 9.72. The van der Waals surface area contributed by atoms with Gasteiger partial charge in [0.2, 0.25) is 0 Å². The molecule has 13 nitrogen and oxygen atoms in total. The number of nitrogens with two attached hydrogens (primary N) is 1. The molecule has 0 spiro atoms. The van der Waals surface area contributed by atoms with E-state index in [1.165, 1.54) is 6.92 Å². The van der Waals surface area contributed by atoms with Crippen molar-refractivity contribution in [3.05, 3.63) is 71.3 Å². The fourth-order valence-electron chi connectivity index (χ4n) is 4.05. The van der Waals surface area contributed by atoms with Crippen molar-refractivity contribution in [2.45, 2.75) is 26.8 Å². The molecule has 0 saturated heterocycles. The van der Waals surface area contributed by atoms with Gasteiger partial charge in [0.15, 0.2) is 25.6 Å². The number of rotatable bonds is 3. The Morgan fingerprint density at radius 2 is 1.16 bits per heavy atom. The van der Waals surface area contributed by atoms with Crippen LogP contribution in [0.15, 0.2) is 59.8 Å². The highest BCUT2D eigenvalue weighted by atomic mass is 35.5. The first-order valence-corrected chi connectivity index (χ1v) is 13.2. The van der Waals surface area contributed by atoms with E-state index >= 15 is 0 Å². The summed E-state index contributed by atoms with van der Waals surface area (Å²) >= 11 is 0. The van der Waals surface area contributed by atoms with Gasteiger partial charge in [-0.25, -0.2) is 0 Å². The monoisotopic (exact) mass is 625 g/mol. The number of nitrogens with zero attached hydrogens (tertiary/aromatic N) is 1. The Hall–Kier alpha value is -5.14. The molecule has 0 fully saturated rings. The molecule has 232 valence electrons. The molecule has 44 heavy (non-hydrogen) atoms. The summed E-state index contributed by atoms with van der Waals surface area (Å²) in [7, 11) is 0. The van der Waals surface area contributed by atoms with E-state index in [0.717, 1.165) is 11.1 Å². The number of amides is 3. The van der Waals surface area contributed by atoms with Gasteiger partial charge in [-0.3, -0.25) is 19.2 Å². The largest absolute Gasteiger partial charge is 0.482 e. The molecule has 3 aliphatic heterocycles. The molecular weight excluding hydrogens is 594 g/mol. The van der Waals surface area contributed by atoms with Gasteiger partial charge in [-0.15, -0.1) is 12.4 Å². The van der Waals surface area contributed by atoms with Crippen molar-refractivity contribution >= 4 is 58.7 Å². The summed E-state index contributed by atoms with van der Waals surface area (Å²) in [4.78, 5) is 44.1. The van der Waals surface area contributed by atoms with Gasteiger partial charge < -0.3 is 41.1 Å². The van der Waals surface area contributed by atoms with Gasteiger partial charge in [-0.2, -0.15) is 0 Å². The number of carbonyl (C=O) groups excluding carboxylic acids is 4. The molecular formula is C30H32ClN5O8. The zero-order valence-corrected chi connectivity index (χ0v) is 24.9. The number of anilines is 3. The molecule has 6 N–H and O–H groups in total. The van der Waals surface area contributed by atoms with Crippen molar-refractivity contribution in [3.8, 4) is 17.2 Å². The van der Waals surface area contributed by atoms with Gasteiger partial charge in [-0.05, 0) is 74.9 Å². The molecule has 6 rings (SSSR count). The molecule has 0 bridgehead atoms. The number of hydrogen-bond donors (Lipinski definition) is 5. The predicted molar refractivity (Wildman–Crippen MR) is 166 cm³/mol. The quantitative estimate of drug-likeness (QED) is 0.124. The highest BCUT2D eigenvalue weighted by Gasteiger charge is 2.18. The Labute approximate surface area is 259 Å². The number of carbonyl (C=O) groups is 4. The van der Waals surface area contributed by atoms with Crippen LogP contribution in [-0.2, 0) is 14.4 Å². The maximum Gasteiger partial charge on any atom is 0.262 e. The molecule has 14 heteroatoms. The van der Waals surface area contributed by atoms with Gasteiger partial charge in [0.1, 0.15) is 17.2 Å². The summed E-state index contributed by atoms with van der Waals surface area (Å²) in [5, 5.41) is 19.8. The number of fused-ring (bicyclic) bond motifs is 3. The molecule has 3 amide bonds. The lowest BCUT2D eigenvalue weighted by Gasteiger charge is -2.19. The summed E-state index contributed by atoms with van der Waals surface area (Å²) in [6.07, 6.45) is 0. The molecule has 0 radical (unpaired) electrons.